The van der Waals surface area contributed by atoms with Crippen molar-refractivity contribution in [2.75, 3.05) is 0 Å². The van der Waals surface area contributed by atoms with Crippen LogP contribution in [0.1, 0.15) is 0 Å². The van der Waals surface area contributed by atoms with Crippen LogP contribution in [-0.4, -0.2) is 39.0 Å². The maximum atomic E-state index is 5.18. The van der Waals surface area contributed by atoms with E-state index in [0.717, 1.165) is 107 Å². The molecule has 0 atom stereocenters. The predicted molar refractivity (Wildman–Crippen MR) is 454 cm³/mol. The minimum atomic E-state index is 0.679. The van der Waals surface area contributed by atoms with Gasteiger partial charge in [-0.1, -0.05) is 315 Å². The zero-order valence-corrected chi connectivity index (χ0v) is 59.8. The van der Waals surface area contributed by atoms with E-state index in [4.69, 9.17) is 19.9 Å². The lowest BCUT2D eigenvalue weighted by Gasteiger charge is -2.12. The zero-order chi connectivity index (χ0) is 73.1. The van der Waals surface area contributed by atoms with Gasteiger partial charge in [-0.05, 0) is 134 Å². The van der Waals surface area contributed by atoms with Crippen molar-refractivity contribution in [2.45, 2.75) is 0 Å². The molecule has 6 aromatic heterocycles. The Morgan fingerprint density at radius 1 is 0.173 bits per heavy atom. The molecule has 8 nitrogen and oxygen atoms in total. The van der Waals surface area contributed by atoms with Crippen molar-refractivity contribution in [1.29, 1.82) is 0 Å². The number of para-hydroxylation sites is 4. The van der Waals surface area contributed by atoms with Gasteiger partial charge >= 0.3 is 0 Å². The SMILES string of the molecule is c1ccc(-c2ccc(-c3ccc(-c4nc(-c5ccc(-c6ccccn6)cc5)cc(-c5ccc(-n6c7ccccc7c7ccccc76)cc5)n4)cc3)cc2)cc1.c1ccc(-c2ccc(-c3ccc(-c4nc(-c5ccc(-c6cccnc6)cc5)cc(-c5ccc(-n6c7ccccc7c7ccccc76)cc5)n4)cc3)cc2)cc1. The largest absolute Gasteiger partial charge is 0.309 e. The molecule has 8 heteroatoms. The number of nitrogens with zero attached hydrogens (tertiary/aromatic N) is 8. The van der Waals surface area contributed by atoms with Crippen molar-refractivity contribution in [3.8, 4) is 146 Å². The highest BCUT2D eigenvalue weighted by Crippen LogP contribution is 2.39. The Bertz CT molecular complexity index is 6130. The second kappa shape index (κ2) is 29.2. The summed E-state index contributed by atoms with van der Waals surface area (Å²) in [5.74, 6) is 1.36. The van der Waals surface area contributed by atoms with Gasteiger partial charge in [-0.3, -0.25) is 9.97 Å². The van der Waals surface area contributed by atoms with Crippen LogP contribution in [0.5, 0.6) is 0 Å². The summed E-state index contributed by atoms with van der Waals surface area (Å²) in [6.45, 7) is 0. The van der Waals surface area contributed by atoms with E-state index in [9.17, 15) is 0 Å². The van der Waals surface area contributed by atoms with Gasteiger partial charge in [0.1, 0.15) is 0 Å². The quantitative estimate of drug-likeness (QED) is 0.108. The minimum absolute atomic E-state index is 0.679. The predicted octanol–water partition coefficient (Wildman–Crippen LogP) is 25.9. The summed E-state index contributed by atoms with van der Waals surface area (Å²) < 4.78 is 4.68. The molecule has 0 aliphatic rings. The fourth-order valence-electron chi connectivity index (χ4n) is 15.0. The third-order valence-corrected chi connectivity index (χ3v) is 20.7. The lowest BCUT2D eigenvalue weighted by molar-refractivity contribution is 1.17. The molecule has 0 spiro atoms. The molecule has 0 aliphatic heterocycles. The number of hydrogen-bond donors (Lipinski definition) is 0. The summed E-state index contributed by atoms with van der Waals surface area (Å²) in [6, 6.07) is 139. The van der Waals surface area contributed by atoms with Gasteiger partial charge in [0.05, 0.1) is 50.5 Å². The Morgan fingerprint density at radius 2 is 0.427 bits per heavy atom. The number of rotatable bonds is 14. The van der Waals surface area contributed by atoms with Crippen LogP contribution in [0.15, 0.2) is 413 Å². The van der Waals surface area contributed by atoms with E-state index < -0.39 is 0 Å². The molecule has 6 heterocycles. The van der Waals surface area contributed by atoms with E-state index in [2.05, 4.69) is 377 Å². The molecule has 14 aromatic carbocycles. The fourth-order valence-corrected chi connectivity index (χ4v) is 15.0. The van der Waals surface area contributed by atoms with Crippen molar-refractivity contribution >= 4 is 43.6 Å². The summed E-state index contributed by atoms with van der Waals surface area (Å²) in [5, 5.41) is 4.99. The summed E-state index contributed by atoms with van der Waals surface area (Å²) in [5.41, 5.74) is 30.1. The van der Waals surface area contributed by atoms with Gasteiger partial charge in [-0.15, -0.1) is 0 Å². The molecule has 110 heavy (non-hydrogen) atoms. The Labute approximate surface area is 637 Å². The van der Waals surface area contributed by atoms with Crippen LogP contribution in [0.25, 0.3) is 190 Å². The number of benzene rings is 14. The average Bonchev–Trinajstić information content (AvgIpc) is 1.57. The van der Waals surface area contributed by atoms with E-state index in [1.807, 2.05) is 48.8 Å². The molecular formula is C102H68N8. The summed E-state index contributed by atoms with van der Waals surface area (Å²) in [6.07, 6.45) is 5.51. The van der Waals surface area contributed by atoms with Gasteiger partial charge in [-0.25, -0.2) is 19.9 Å². The summed E-state index contributed by atoms with van der Waals surface area (Å²) in [4.78, 5) is 29.5. The summed E-state index contributed by atoms with van der Waals surface area (Å²) in [7, 11) is 0. The molecular weight excluding hydrogens is 1340 g/mol. The molecule has 0 saturated heterocycles. The molecule has 0 amide bonds. The fraction of sp³-hybridized carbons (Fsp3) is 0. The summed E-state index contributed by atoms with van der Waals surface area (Å²) >= 11 is 0. The lowest BCUT2D eigenvalue weighted by atomic mass is 9.99. The van der Waals surface area contributed by atoms with Crippen LogP contribution in [-0.2, 0) is 0 Å². The minimum Gasteiger partial charge on any atom is -0.309 e. The lowest BCUT2D eigenvalue weighted by Crippen LogP contribution is -1.97. The molecule has 0 N–H and O–H groups in total. The van der Waals surface area contributed by atoms with E-state index in [0.29, 0.717) is 11.6 Å². The van der Waals surface area contributed by atoms with Crippen molar-refractivity contribution in [1.82, 2.24) is 39.0 Å². The number of pyridine rings is 2. The van der Waals surface area contributed by atoms with E-state index in [1.165, 1.54) is 71.4 Å². The van der Waals surface area contributed by atoms with Crippen LogP contribution < -0.4 is 0 Å². The Balaban J connectivity index is 0.000000149. The van der Waals surface area contributed by atoms with Crippen molar-refractivity contribution in [2.24, 2.45) is 0 Å². The van der Waals surface area contributed by atoms with Crippen LogP contribution in [0.4, 0.5) is 0 Å². The molecule has 0 unspecified atom stereocenters. The van der Waals surface area contributed by atoms with Gasteiger partial charge in [0.25, 0.3) is 0 Å². The number of aromatic nitrogens is 8. The maximum absolute atomic E-state index is 5.18. The van der Waals surface area contributed by atoms with Crippen LogP contribution in [0.2, 0.25) is 0 Å². The first-order valence-corrected chi connectivity index (χ1v) is 37.0. The Kier molecular flexibility index (Phi) is 17.5. The topological polar surface area (TPSA) is 87.2 Å². The van der Waals surface area contributed by atoms with Crippen LogP contribution in [0.3, 0.4) is 0 Å². The van der Waals surface area contributed by atoms with Crippen LogP contribution in [0, 0.1) is 0 Å². The van der Waals surface area contributed by atoms with E-state index >= 15 is 0 Å². The first kappa shape index (κ1) is 65.9. The number of fused-ring (bicyclic) bond motifs is 6. The second-order valence-electron chi connectivity index (χ2n) is 27.4. The maximum Gasteiger partial charge on any atom is 0.160 e. The molecule has 0 bridgehead atoms. The zero-order valence-electron chi connectivity index (χ0n) is 59.8. The second-order valence-corrected chi connectivity index (χ2v) is 27.4. The highest BCUT2D eigenvalue weighted by Gasteiger charge is 2.19. The standard InChI is InChI=1S/2C51H34N4/c1-2-10-35(11-3-1)36-17-19-37(20-18-36)38-21-27-42(28-22-38)51-53-47(40-25-23-39(24-26-40)46-14-8-9-33-52-46)34-48(54-51)41-29-31-43(32-30-41)55-49-15-6-4-12-44(49)45-13-5-7-16-50(45)55;1-2-9-35(10-3-1)36-16-18-37(19-17-36)38-22-26-42(27-23-38)51-53-47(40-24-20-39(21-25-40)43-11-8-32-52-34-43)33-48(54-51)41-28-30-44(31-29-41)55-49-14-6-4-12-45(49)46-13-5-7-15-50(46)55/h2*1-34H. The van der Waals surface area contributed by atoms with Gasteiger partial charge in [0, 0.05) is 90.5 Å². The molecule has 516 valence electrons. The highest BCUT2D eigenvalue weighted by molar-refractivity contribution is 6.10. The smallest absolute Gasteiger partial charge is 0.160 e. The Hall–Kier alpha value is -14.9. The van der Waals surface area contributed by atoms with Crippen molar-refractivity contribution < 1.29 is 0 Å². The highest BCUT2D eigenvalue weighted by atomic mass is 15.0. The van der Waals surface area contributed by atoms with E-state index in [-0.39, 0.29) is 0 Å². The third-order valence-electron chi connectivity index (χ3n) is 20.7. The van der Waals surface area contributed by atoms with Crippen molar-refractivity contribution in [3.63, 3.8) is 0 Å². The first-order chi connectivity index (χ1) is 54.5. The molecule has 0 fully saturated rings. The monoisotopic (exact) mass is 1400 g/mol. The molecule has 20 aromatic rings. The van der Waals surface area contributed by atoms with Gasteiger partial charge in [-0.2, -0.15) is 0 Å². The molecule has 0 saturated carbocycles. The van der Waals surface area contributed by atoms with Crippen LogP contribution >= 0.6 is 0 Å². The van der Waals surface area contributed by atoms with Crippen molar-refractivity contribution in [3.05, 3.63) is 413 Å². The Morgan fingerprint density at radius 3 is 0.736 bits per heavy atom. The van der Waals surface area contributed by atoms with Gasteiger partial charge in [0.2, 0.25) is 0 Å². The first-order valence-electron chi connectivity index (χ1n) is 37.0. The number of hydrogen-bond acceptors (Lipinski definition) is 6. The average molecular weight is 1410 g/mol. The molecule has 0 aliphatic carbocycles. The van der Waals surface area contributed by atoms with Gasteiger partial charge < -0.3 is 9.13 Å². The molecule has 0 radical (unpaired) electrons. The molecule has 20 rings (SSSR count). The normalized spacial score (nSPS) is 11.3. The van der Waals surface area contributed by atoms with Gasteiger partial charge in [0.15, 0.2) is 11.6 Å². The third kappa shape index (κ3) is 13.2. The van der Waals surface area contributed by atoms with E-state index in [1.54, 1.807) is 6.20 Å².